The van der Waals surface area contributed by atoms with E-state index in [0.717, 1.165) is 36.5 Å². The van der Waals surface area contributed by atoms with Crippen LogP contribution in [0.2, 0.25) is 0 Å². The molecule has 0 unspecified atom stereocenters. The molecule has 1 aromatic heterocycles. The molecule has 4 heteroatoms. The number of nitrogens with zero attached hydrogens (tertiary/aromatic N) is 3. The van der Waals surface area contributed by atoms with Crippen LogP contribution in [0.4, 0.5) is 0 Å². The Morgan fingerprint density at radius 2 is 2.28 bits per heavy atom. The molecule has 1 aliphatic rings. The molecule has 1 aromatic carbocycles. The van der Waals surface area contributed by atoms with Crippen LogP contribution in [0.15, 0.2) is 18.2 Å². The molecule has 0 amide bonds. The maximum absolute atomic E-state index is 5.81. The van der Waals surface area contributed by atoms with Crippen molar-refractivity contribution in [1.82, 2.24) is 15.0 Å². The molecule has 0 spiro atoms. The number of benzene rings is 1. The summed E-state index contributed by atoms with van der Waals surface area (Å²) in [4.78, 5) is 0. The number of hydrogen-bond acceptors (Lipinski definition) is 3. The van der Waals surface area contributed by atoms with Crippen molar-refractivity contribution in [2.45, 2.75) is 39.7 Å². The number of fused-ring (bicyclic) bond motifs is 3. The monoisotopic (exact) mass is 243 g/mol. The van der Waals surface area contributed by atoms with Crippen molar-refractivity contribution in [2.75, 3.05) is 0 Å². The van der Waals surface area contributed by atoms with Crippen LogP contribution >= 0.6 is 0 Å². The summed E-state index contributed by atoms with van der Waals surface area (Å²) in [5.41, 5.74) is 4.50. The zero-order valence-corrected chi connectivity index (χ0v) is 10.8. The van der Waals surface area contributed by atoms with Crippen LogP contribution in [-0.4, -0.2) is 15.0 Å². The van der Waals surface area contributed by atoms with Crippen molar-refractivity contribution in [3.8, 4) is 11.6 Å². The Morgan fingerprint density at radius 3 is 3.11 bits per heavy atom. The predicted molar refractivity (Wildman–Crippen MR) is 69.0 cm³/mol. The van der Waals surface area contributed by atoms with Crippen molar-refractivity contribution in [1.29, 1.82) is 0 Å². The molecule has 0 aliphatic carbocycles. The molecule has 0 bridgehead atoms. The van der Waals surface area contributed by atoms with Crippen LogP contribution < -0.4 is 4.74 Å². The molecule has 1 aliphatic heterocycles. The number of aryl methyl sites for hydroxylation is 2. The highest BCUT2D eigenvalue weighted by molar-refractivity contribution is 5.51. The standard InChI is InChI=1S/C14H17N3O/c1-3-4-8-12-14-17(16-15-12)13-10(2)6-5-7-11(13)9-18-14/h5-7H,3-4,8-9H2,1-2H3. The molecule has 4 nitrogen and oxygen atoms in total. The van der Waals surface area contributed by atoms with Gasteiger partial charge in [0.1, 0.15) is 12.3 Å². The van der Waals surface area contributed by atoms with E-state index in [0.29, 0.717) is 6.61 Å². The Hall–Kier alpha value is -1.84. The summed E-state index contributed by atoms with van der Waals surface area (Å²) in [6.07, 6.45) is 3.21. The molecule has 94 valence electrons. The molecule has 0 N–H and O–H groups in total. The Labute approximate surface area is 107 Å². The minimum Gasteiger partial charge on any atom is -0.471 e. The second-order valence-electron chi connectivity index (χ2n) is 4.73. The van der Waals surface area contributed by atoms with Gasteiger partial charge in [0.25, 0.3) is 0 Å². The number of aromatic nitrogens is 3. The third-order valence-corrected chi connectivity index (χ3v) is 3.36. The van der Waals surface area contributed by atoms with Crippen LogP contribution in [-0.2, 0) is 13.0 Å². The van der Waals surface area contributed by atoms with Gasteiger partial charge in [-0.25, -0.2) is 0 Å². The minimum absolute atomic E-state index is 0.615. The molecule has 0 radical (unpaired) electrons. The second-order valence-corrected chi connectivity index (χ2v) is 4.73. The summed E-state index contributed by atoms with van der Waals surface area (Å²) in [6, 6.07) is 6.23. The van der Waals surface area contributed by atoms with E-state index in [9.17, 15) is 0 Å². The first kappa shape index (κ1) is 11.3. The normalized spacial score (nSPS) is 12.8. The summed E-state index contributed by atoms with van der Waals surface area (Å²) >= 11 is 0. The van der Waals surface area contributed by atoms with E-state index in [1.54, 1.807) is 0 Å². The molecule has 3 rings (SSSR count). The summed E-state index contributed by atoms with van der Waals surface area (Å²) in [5.74, 6) is 0.824. The molecule has 0 fully saturated rings. The average Bonchev–Trinajstić information content (AvgIpc) is 2.79. The lowest BCUT2D eigenvalue weighted by molar-refractivity contribution is 0.267. The van der Waals surface area contributed by atoms with Crippen molar-refractivity contribution in [2.24, 2.45) is 0 Å². The van der Waals surface area contributed by atoms with Gasteiger partial charge in [-0.05, 0) is 25.3 Å². The molecular weight excluding hydrogens is 226 g/mol. The van der Waals surface area contributed by atoms with Gasteiger partial charge in [-0.1, -0.05) is 36.8 Å². The van der Waals surface area contributed by atoms with Crippen LogP contribution in [0.5, 0.6) is 5.88 Å². The van der Waals surface area contributed by atoms with Crippen LogP contribution in [0, 0.1) is 6.92 Å². The molecule has 0 saturated carbocycles. The Balaban J connectivity index is 2.06. The third-order valence-electron chi connectivity index (χ3n) is 3.36. The van der Waals surface area contributed by atoms with Crippen molar-refractivity contribution >= 4 is 0 Å². The van der Waals surface area contributed by atoms with E-state index in [-0.39, 0.29) is 0 Å². The number of hydrogen-bond donors (Lipinski definition) is 0. The summed E-state index contributed by atoms with van der Waals surface area (Å²) in [5, 5.41) is 8.52. The van der Waals surface area contributed by atoms with Gasteiger partial charge in [0.2, 0.25) is 5.88 Å². The van der Waals surface area contributed by atoms with E-state index in [1.807, 2.05) is 4.68 Å². The zero-order valence-electron chi connectivity index (χ0n) is 10.8. The van der Waals surface area contributed by atoms with Gasteiger partial charge in [0, 0.05) is 5.56 Å². The zero-order chi connectivity index (χ0) is 12.5. The van der Waals surface area contributed by atoms with Crippen LogP contribution in [0.1, 0.15) is 36.6 Å². The highest BCUT2D eigenvalue weighted by atomic mass is 16.5. The molecule has 2 aromatic rings. The van der Waals surface area contributed by atoms with Crippen LogP contribution in [0.3, 0.4) is 0 Å². The third kappa shape index (κ3) is 1.68. The lowest BCUT2D eigenvalue weighted by Gasteiger charge is -2.20. The summed E-state index contributed by atoms with van der Waals surface area (Å²) < 4.78 is 7.66. The van der Waals surface area contributed by atoms with Crippen LogP contribution in [0.25, 0.3) is 5.69 Å². The van der Waals surface area contributed by atoms with Crippen molar-refractivity contribution in [3.05, 3.63) is 35.0 Å². The van der Waals surface area contributed by atoms with E-state index in [1.165, 1.54) is 11.1 Å². The molecule has 0 atom stereocenters. The van der Waals surface area contributed by atoms with E-state index < -0.39 is 0 Å². The molecule has 0 saturated heterocycles. The second kappa shape index (κ2) is 4.44. The summed E-state index contributed by atoms with van der Waals surface area (Å²) in [6.45, 7) is 4.89. The first-order valence-corrected chi connectivity index (χ1v) is 6.47. The van der Waals surface area contributed by atoms with Gasteiger partial charge in [0.15, 0.2) is 0 Å². The topological polar surface area (TPSA) is 39.9 Å². The first-order chi connectivity index (χ1) is 8.81. The number of ether oxygens (including phenoxy) is 1. The highest BCUT2D eigenvalue weighted by Crippen LogP contribution is 2.31. The largest absolute Gasteiger partial charge is 0.471 e. The van der Waals surface area contributed by atoms with E-state index >= 15 is 0 Å². The minimum atomic E-state index is 0.615. The predicted octanol–water partition coefficient (Wildman–Crippen LogP) is 2.81. The fourth-order valence-electron chi connectivity index (χ4n) is 2.38. The molecule has 2 heterocycles. The van der Waals surface area contributed by atoms with E-state index in [2.05, 4.69) is 42.4 Å². The maximum Gasteiger partial charge on any atom is 0.241 e. The summed E-state index contributed by atoms with van der Waals surface area (Å²) in [7, 11) is 0. The van der Waals surface area contributed by atoms with E-state index in [4.69, 9.17) is 4.74 Å². The van der Waals surface area contributed by atoms with Crippen molar-refractivity contribution < 1.29 is 4.74 Å². The number of unbranched alkanes of at least 4 members (excludes halogenated alkanes) is 1. The lowest BCUT2D eigenvalue weighted by Crippen LogP contribution is -2.14. The smallest absolute Gasteiger partial charge is 0.241 e. The van der Waals surface area contributed by atoms with Gasteiger partial charge in [0.05, 0.1) is 5.69 Å². The van der Waals surface area contributed by atoms with Gasteiger partial charge in [-0.3, -0.25) is 0 Å². The Morgan fingerprint density at radius 1 is 1.39 bits per heavy atom. The van der Waals surface area contributed by atoms with Gasteiger partial charge < -0.3 is 4.74 Å². The Kier molecular flexibility index (Phi) is 2.78. The van der Waals surface area contributed by atoms with Gasteiger partial charge in [-0.15, -0.1) is 5.10 Å². The SMILES string of the molecule is CCCCc1nnn2c1OCc1cccc(C)c1-2. The quantitative estimate of drug-likeness (QED) is 0.832. The van der Waals surface area contributed by atoms with Gasteiger partial charge >= 0.3 is 0 Å². The first-order valence-electron chi connectivity index (χ1n) is 6.47. The number of para-hydroxylation sites is 1. The molecular formula is C14H17N3O. The fourth-order valence-corrected chi connectivity index (χ4v) is 2.38. The fraction of sp³-hybridized carbons (Fsp3) is 0.429. The maximum atomic E-state index is 5.81. The van der Waals surface area contributed by atoms with Gasteiger partial charge in [-0.2, -0.15) is 4.68 Å². The number of rotatable bonds is 3. The van der Waals surface area contributed by atoms with Crippen molar-refractivity contribution in [3.63, 3.8) is 0 Å². The Bertz CT molecular complexity index is 574. The lowest BCUT2D eigenvalue weighted by atomic mass is 10.1. The molecule has 18 heavy (non-hydrogen) atoms. The average molecular weight is 243 g/mol. The highest BCUT2D eigenvalue weighted by Gasteiger charge is 2.23.